The first-order valence-electron chi connectivity index (χ1n) is 4.26. The summed E-state index contributed by atoms with van der Waals surface area (Å²) in [6, 6.07) is 7.52. The fourth-order valence-corrected chi connectivity index (χ4v) is 1.75. The normalized spacial score (nSPS) is 10.2. The van der Waals surface area contributed by atoms with E-state index < -0.39 is 0 Å². The van der Waals surface area contributed by atoms with Crippen LogP contribution in [0.1, 0.15) is 0 Å². The lowest BCUT2D eigenvalue weighted by Crippen LogP contribution is -1.96. The third kappa shape index (κ3) is 2.00. The molecule has 0 saturated heterocycles. The molecule has 1 aromatic carbocycles. The molecule has 0 aliphatic rings. The van der Waals surface area contributed by atoms with Gasteiger partial charge in [-0.05, 0) is 48.7 Å². The Morgan fingerprint density at radius 2 is 1.87 bits per heavy atom. The van der Waals surface area contributed by atoms with Gasteiger partial charge in [0.05, 0.1) is 12.8 Å². The zero-order chi connectivity index (χ0) is 10.8. The maximum absolute atomic E-state index is 5.09. The van der Waals surface area contributed by atoms with Crippen LogP contribution in [0.3, 0.4) is 0 Å². The quantitative estimate of drug-likeness (QED) is 0.792. The summed E-state index contributed by atoms with van der Waals surface area (Å²) in [7, 11) is 1.63. The van der Waals surface area contributed by atoms with Crippen LogP contribution >= 0.6 is 24.4 Å². The van der Waals surface area contributed by atoms with Crippen molar-refractivity contribution in [3.63, 3.8) is 0 Å². The molecule has 78 valence electrons. The first kappa shape index (κ1) is 10.1. The molecule has 0 spiro atoms. The molecule has 0 bridgehead atoms. The van der Waals surface area contributed by atoms with Crippen LogP contribution in [0.2, 0.25) is 0 Å². The summed E-state index contributed by atoms with van der Waals surface area (Å²) in [5, 5.41) is 2.93. The maximum Gasteiger partial charge on any atom is 0.199 e. The number of H-pyrrole nitrogens is 2. The van der Waals surface area contributed by atoms with Gasteiger partial charge in [-0.25, -0.2) is 4.68 Å². The molecule has 0 aliphatic heterocycles. The van der Waals surface area contributed by atoms with Crippen LogP contribution in [-0.4, -0.2) is 21.9 Å². The number of hydrogen-bond acceptors (Lipinski definition) is 3. The monoisotopic (exact) mass is 239 g/mol. The highest BCUT2D eigenvalue weighted by Gasteiger charge is 1.98. The van der Waals surface area contributed by atoms with Gasteiger partial charge in [-0.3, -0.25) is 5.10 Å². The third-order valence-corrected chi connectivity index (χ3v) is 2.45. The molecule has 6 heteroatoms. The lowest BCUT2D eigenvalue weighted by molar-refractivity contribution is 0.414. The fraction of sp³-hybridized carbons (Fsp3) is 0.111. The van der Waals surface area contributed by atoms with Crippen LogP contribution in [0, 0.1) is 9.54 Å². The van der Waals surface area contributed by atoms with Crippen molar-refractivity contribution in [2.45, 2.75) is 0 Å². The van der Waals surface area contributed by atoms with Gasteiger partial charge in [-0.1, -0.05) is 0 Å². The zero-order valence-corrected chi connectivity index (χ0v) is 9.61. The lowest BCUT2D eigenvalue weighted by atomic mass is 10.3. The first-order valence-corrected chi connectivity index (χ1v) is 5.08. The number of hydrogen-bond donors (Lipinski definition) is 2. The predicted octanol–water partition coefficient (Wildman–Crippen LogP) is 2.60. The van der Waals surface area contributed by atoms with Crippen molar-refractivity contribution >= 4 is 24.4 Å². The number of ether oxygens (including phenoxy) is 1. The van der Waals surface area contributed by atoms with E-state index >= 15 is 0 Å². The number of aromatic nitrogens is 3. The molecule has 0 amide bonds. The van der Waals surface area contributed by atoms with Crippen molar-refractivity contribution in [1.29, 1.82) is 0 Å². The Hall–Kier alpha value is -1.40. The number of nitrogens with one attached hydrogen (secondary N) is 2. The average molecular weight is 239 g/mol. The van der Waals surface area contributed by atoms with E-state index in [1.165, 1.54) is 0 Å². The fourth-order valence-electron chi connectivity index (χ4n) is 1.25. The topological polar surface area (TPSA) is 45.7 Å². The summed E-state index contributed by atoms with van der Waals surface area (Å²) in [5.41, 5.74) is 0.910. The van der Waals surface area contributed by atoms with Gasteiger partial charge in [0.25, 0.3) is 0 Å². The Kier molecular flexibility index (Phi) is 2.70. The summed E-state index contributed by atoms with van der Waals surface area (Å²) in [6.45, 7) is 0. The van der Waals surface area contributed by atoms with Gasteiger partial charge in [-0.15, -0.1) is 0 Å². The molecule has 2 N–H and O–H groups in total. The molecule has 0 unspecified atom stereocenters. The number of rotatable bonds is 2. The minimum Gasteiger partial charge on any atom is -0.497 e. The smallest absolute Gasteiger partial charge is 0.199 e. The number of aromatic amines is 2. The second kappa shape index (κ2) is 4.00. The summed E-state index contributed by atoms with van der Waals surface area (Å²) < 4.78 is 7.83. The molecule has 0 atom stereocenters. The molecule has 15 heavy (non-hydrogen) atoms. The van der Waals surface area contributed by atoms with E-state index in [-0.39, 0.29) is 0 Å². The van der Waals surface area contributed by atoms with Crippen LogP contribution in [-0.2, 0) is 0 Å². The predicted molar refractivity (Wildman–Crippen MR) is 62.7 cm³/mol. The van der Waals surface area contributed by atoms with Crippen molar-refractivity contribution in [2.75, 3.05) is 7.11 Å². The van der Waals surface area contributed by atoms with E-state index in [2.05, 4.69) is 10.1 Å². The Labute approximate surface area is 96.5 Å². The first-order chi connectivity index (χ1) is 7.20. The molecule has 0 radical (unpaired) electrons. The van der Waals surface area contributed by atoms with Crippen LogP contribution in [0.15, 0.2) is 24.3 Å². The summed E-state index contributed by atoms with van der Waals surface area (Å²) >= 11 is 10.0. The largest absolute Gasteiger partial charge is 0.497 e. The summed E-state index contributed by atoms with van der Waals surface area (Å²) in [5.74, 6) is 0.805. The molecular weight excluding hydrogens is 230 g/mol. The van der Waals surface area contributed by atoms with Gasteiger partial charge in [-0.2, -0.15) is 0 Å². The van der Waals surface area contributed by atoms with Gasteiger partial charge in [0.2, 0.25) is 0 Å². The summed E-state index contributed by atoms with van der Waals surface area (Å²) in [4.78, 5) is 2.84. The Balaban J connectivity index is 2.50. The van der Waals surface area contributed by atoms with Gasteiger partial charge >= 0.3 is 0 Å². The second-order valence-corrected chi connectivity index (χ2v) is 3.70. The van der Waals surface area contributed by atoms with Crippen molar-refractivity contribution < 1.29 is 4.74 Å². The van der Waals surface area contributed by atoms with Gasteiger partial charge < -0.3 is 9.72 Å². The van der Waals surface area contributed by atoms with Gasteiger partial charge in [0.15, 0.2) is 9.54 Å². The molecule has 0 saturated carbocycles. The standard InChI is InChI=1S/C9H9N3OS2/c1-13-7-4-2-6(3-5-7)12-9(15)10-8(14)11-12/h2-5H,1H3,(H2,10,11,14,15). The molecule has 0 aliphatic carbocycles. The molecular formula is C9H9N3OS2. The molecule has 2 rings (SSSR count). The van der Waals surface area contributed by atoms with Crippen molar-refractivity contribution in [2.24, 2.45) is 0 Å². The van der Waals surface area contributed by atoms with Crippen LogP contribution in [0.25, 0.3) is 5.69 Å². The average Bonchev–Trinajstić information content (AvgIpc) is 2.58. The maximum atomic E-state index is 5.09. The van der Waals surface area contributed by atoms with Crippen molar-refractivity contribution in [1.82, 2.24) is 14.8 Å². The molecule has 4 nitrogen and oxygen atoms in total. The third-order valence-electron chi connectivity index (χ3n) is 1.97. The highest BCUT2D eigenvalue weighted by atomic mass is 32.1. The van der Waals surface area contributed by atoms with E-state index in [1.807, 2.05) is 24.3 Å². The van der Waals surface area contributed by atoms with E-state index in [4.69, 9.17) is 29.2 Å². The highest BCUT2D eigenvalue weighted by molar-refractivity contribution is 7.72. The highest BCUT2D eigenvalue weighted by Crippen LogP contribution is 2.13. The lowest BCUT2D eigenvalue weighted by Gasteiger charge is -2.03. The van der Waals surface area contributed by atoms with Crippen LogP contribution < -0.4 is 4.74 Å². The molecule has 1 heterocycles. The number of nitrogens with zero attached hydrogens (tertiary/aromatic N) is 1. The minimum absolute atomic E-state index is 0.510. The Morgan fingerprint density at radius 3 is 2.33 bits per heavy atom. The SMILES string of the molecule is COc1ccc(-n2[nH]c(=S)[nH]c2=S)cc1. The van der Waals surface area contributed by atoms with E-state index in [0.717, 1.165) is 11.4 Å². The van der Waals surface area contributed by atoms with E-state index in [0.29, 0.717) is 9.54 Å². The van der Waals surface area contributed by atoms with E-state index in [1.54, 1.807) is 11.8 Å². The van der Waals surface area contributed by atoms with E-state index in [9.17, 15) is 0 Å². The Morgan fingerprint density at radius 1 is 1.20 bits per heavy atom. The zero-order valence-electron chi connectivity index (χ0n) is 7.98. The van der Waals surface area contributed by atoms with Crippen molar-refractivity contribution in [3.05, 3.63) is 33.8 Å². The number of benzene rings is 1. The molecule has 1 aromatic heterocycles. The van der Waals surface area contributed by atoms with Gasteiger partial charge in [0, 0.05) is 0 Å². The Bertz CT molecular complexity index is 564. The summed E-state index contributed by atoms with van der Waals surface area (Å²) in [6.07, 6.45) is 0. The molecule has 0 fully saturated rings. The number of methoxy groups -OCH3 is 1. The van der Waals surface area contributed by atoms with Crippen LogP contribution in [0.5, 0.6) is 5.75 Å². The van der Waals surface area contributed by atoms with Crippen LogP contribution in [0.4, 0.5) is 0 Å². The molecule has 2 aromatic rings. The second-order valence-electron chi connectivity index (χ2n) is 2.90. The van der Waals surface area contributed by atoms with Crippen molar-refractivity contribution in [3.8, 4) is 11.4 Å². The minimum atomic E-state index is 0.510. The van der Waals surface area contributed by atoms with Gasteiger partial charge in [0.1, 0.15) is 5.75 Å².